The molecule has 0 radical (unpaired) electrons. The van der Waals surface area contributed by atoms with E-state index in [0.717, 1.165) is 41.9 Å². The highest BCUT2D eigenvalue weighted by molar-refractivity contribution is 5.96. The highest BCUT2D eigenvalue weighted by Gasteiger charge is 2.11. The molecule has 0 bridgehead atoms. The minimum Gasteiger partial charge on any atom is -0.494 e. The zero-order valence-corrected chi connectivity index (χ0v) is 16.9. The van der Waals surface area contributed by atoms with Crippen LogP contribution in [0.3, 0.4) is 0 Å². The Morgan fingerprint density at radius 2 is 1.86 bits per heavy atom. The Labute approximate surface area is 166 Å². The number of ether oxygens (including phenoxy) is 1. The van der Waals surface area contributed by atoms with E-state index in [0.29, 0.717) is 13.0 Å². The lowest BCUT2D eigenvalue weighted by atomic mass is 10.1. The number of amides is 1. The van der Waals surface area contributed by atoms with Crippen LogP contribution in [0.1, 0.15) is 18.9 Å². The molecule has 0 spiro atoms. The van der Waals surface area contributed by atoms with Gasteiger partial charge in [-0.15, -0.1) is 0 Å². The van der Waals surface area contributed by atoms with Crippen LogP contribution in [-0.4, -0.2) is 42.6 Å². The van der Waals surface area contributed by atoms with Crippen LogP contribution in [0.5, 0.6) is 5.75 Å². The van der Waals surface area contributed by atoms with E-state index < -0.39 is 0 Å². The number of rotatable bonds is 9. The molecular formula is C23H29N3O2. The molecule has 5 heteroatoms. The minimum absolute atomic E-state index is 0.0151. The molecule has 3 rings (SSSR count). The fraction of sp³-hybridized carbons (Fsp3) is 0.348. The van der Waals surface area contributed by atoms with E-state index in [4.69, 9.17) is 4.74 Å². The number of anilines is 1. The Morgan fingerprint density at radius 1 is 1.11 bits per heavy atom. The first-order valence-corrected chi connectivity index (χ1v) is 9.81. The Kier molecular flexibility index (Phi) is 6.71. The summed E-state index contributed by atoms with van der Waals surface area (Å²) < 4.78 is 7.91. The van der Waals surface area contributed by atoms with E-state index in [1.807, 2.05) is 36.4 Å². The minimum atomic E-state index is -0.0151. The van der Waals surface area contributed by atoms with Crippen molar-refractivity contribution in [2.45, 2.75) is 26.3 Å². The zero-order chi connectivity index (χ0) is 19.9. The summed E-state index contributed by atoms with van der Waals surface area (Å²) in [6.07, 6.45) is 3.42. The predicted molar refractivity (Wildman–Crippen MR) is 115 cm³/mol. The zero-order valence-electron chi connectivity index (χ0n) is 16.9. The molecule has 0 saturated carbocycles. The van der Waals surface area contributed by atoms with Gasteiger partial charge in [0.25, 0.3) is 0 Å². The van der Waals surface area contributed by atoms with E-state index in [2.05, 4.69) is 54.1 Å². The van der Waals surface area contributed by atoms with Gasteiger partial charge in [-0.3, -0.25) is 4.79 Å². The number of hydrogen-bond acceptors (Lipinski definition) is 3. The van der Waals surface area contributed by atoms with Crippen molar-refractivity contribution in [2.75, 3.05) is 32.6 Å². The first-order valence-electron chi connectivity index (χ1n) is 9.81. The second-order valence-electron chi connectivity index (χ2n) is 7.21. The third-order valence-corrected chi connectivity index (χ3v) is 4.72. The number of benzene rings is 2. The highest BCUT2D eigenvalue weighted by atomic mass is 16.5. The first kappa shape index (κ1) is 20.0. The van der Waals surface area contributed by atoms with Crippen molar-refractivity contribution in [3.63, 3.8) is 0 Å². The van der Waals surface area contributed by atoms with E-state index >= 15 is 0 Å². The van der Waals surface area contributed by atoms with Crippen molar-refractivity contribution in [1.82, 2.24) is 9.47 Å². The van der Waals surface area contributed by atoms with Gasteiger partial charge in [-0.1, -0.05) is 18.2 Å². The summed E-state index contributed by atoms with van der Waals surface area (Å²) in [5, 5.41) is 4.12. The van der Waals surface area contributed by atoms with Crippen LogP contribution in [-0.2, 0) is 17.8 Å². The number of carbonyl (C=O) groups excluding carboxylic acids is 1. The number of para-hydroxylation sites is 1. The Morgan fingerprint density at radius 3 is 2.57 bits per heavy atom. The molecular weight excluding hydrogens is 350 g/mol. The second-order valence-corrected chi connectivity index (χ2v) is 7.21. The van der Waals surface area contributed by atoms with Gasteiger partial charge >= 0.3 is 0 Å². The first-order chi connectivity index (χ1) is 13.6. The standard InChI is InChI=1S/C23H29N3O2/c1-4-26-17-18(21-8-5-6-9-22(21)26)16-23(27)24-19-10-12-20(13-11-19)28-15-7-14-25(2)3/h5-6,8-13,17H,4,7,14-16H2,1-3H3,(H,24,27). The van der Waals surface area contributed by atoms with Crippen molar-refractivity contribution in [2.24, 2.45) is 0 Å². The maximum atomic E-state index is 12.5. The van der Waals surface area contributed by atoms with Crippen LogP contribution in [0.15, 0.2) is 54.7 Å². The molecule has 2 aromatic carbocycles. The summed E-state index contributed by atoms with van der Waals surface area (Å²) in [6.45, 7) is 4.69. The molecule has 1 heterocycles. The Balaban J connectivity index is 1.57. The van der Waals surface area contributed by atoms with Gasteiger partial charge in [0.2, 0.25) is 5.91 Å². The van der Waals surface area contributed by atoms with Gasteiger partial charge in [0.05, 0.1) is 13.0 Å². The second kappa shape index (κ2) is 9.42. The van der Waals surface area contributed by atoms with Crippen molar-refractivity contribution >= 4 is 22.5 Å². The van der Waals surface area contributed by atoms with Crippen molar-refractivity contribution in [3.05, 3.63) is 60.3 Å². The quantitative estimate of drug-likeness (QED) is 0.568. The summed E-state index contributed by atoms with van der Waals surface area (Å²) in [6, 6.07) is 15.8. The lowest BCUT2D eigenvalue weighted by molar-refractivity contribution is -0.115. The number of nitrogens with one attached hydrogen (secondary N) is 1. The molecule has 5 nitrogen and oxygen atoms in total. The molecule has 148 valence electrons. The van der Waals surface area contributed by atoms with Gasteiger partial charge in [0, 0.05) is 35.9 Å². The van der Waals surface area contributed by atoms with Crippen molar-refractivity contribution in [1.29, 1.82) is 0 Å². The van der Waals surface area contributed by atoms with Crippen LogP contribution in [0.25, 0.3) is 10.9 Å². The van der Waals surface area contributed by atoms with Crippen LogP contribution >= 0.6 is 0 Å². The van der Waals surface area contributed by atoms with E-state index in [-0.39, 0.29) is 5.91 Å². The lowest BCUT2D eigenvalue weighted by Crippen LogP contribution is -2.15. The molecule has 28 heavy (non-hydrogen) atoms. The monoisotopic (exact) mass is 379 g/mol. The number of fused-ring (bicyclic) bond motifs is 1. The molecule has 0 unspecified atom stereocenters. The predicted octanol–water partition coefficient (Wildman–Crippen LogP) is 4.17. The number of nitrogens with zero attached hydrogens (tertiary/aromatic N) is 2. The number of aromatic nitrogens is 1. The molecule has 0 aliphatic carbocycles. The van der Waals surface area contributed by atoms with Crippen LogP contribution in [0, 0.1) is 0 Å². The molecule has 0 saturated heterocycles. The van der Waals surface area contributed by atoms with Gasteiger partial charge in [-0.05, 0) is 63.3 Å². The molecule has 0 aliphatic heterocycles. The molecule has 1 amide bonds. The van der Waals surface area contributed by atoms with E-state index in [1.165, 1.54) is 5.52 Å². The third-order valence-electron chi connectivity index (χ3n) is 4.72. The van der Waals surface area contributed by atoms with Gasteiger partial charge in [0.15, 0.2) is 0 Å². The molecule has 0 aliphatic rings. The smallest absolute Gasteiger partial charge is 0.228 e. The third kappa shape index (κ3) is 5.14. The highest BCUT2D eigenvalue weighted by Crippen LogP contribution is 2.22. The topological polar surface area (TPSA) is 46.5 Å². The molecule has 0 atom stereocenters. The fourth-order valence-corrected chi connectivity index (χ4v) is 3.31. The van der Waals surface area contributed by atoms with Crippen molar-refractivity contribution < 1.29 is 9.53 Å². The van der Waals surface area contributed by atoms with Gasteiger partial charge in [-0.2, -0.15) is 0 Å². The van der Waals surface area contributed by atoms with Gasteiger partial charge in [0.1, 0.15) is 5.75 Å². The number of aryl methyl sites for hydroxylation is 1. The van der Waals surface area contributed by atoms with Crippen LogP contribution in [0.2, 0.25) is 0 Å². The maximum absolute atomic E-state index is 12.5. The largest absolute Gasteiger partial charge is 0.494 e. The SMILES string of the molecule is CCn1cc(CC(=O)Nc2ccc(OCCCN(C)C)cc2)c2ccccc21. The molecule has 0 fully saturated rings. The number of hydrogen-bond donors (Lipinski definition) is 1. The lowest BCUT2D eigenvalue weighted by Gasteiger charge is -2.11. The normalized spacial score (nSPS) is 11.1. The van der Waals surface area contributed by atoms with Gasteiger partial charge < -0.3 is 19.5 Å². The van der Waals surface area contributed by atoms with Crippen molar-refractivity contribution in [3.8, 4) is 5.75 Å². The summed E-state index contributed by atoms with van der Waals surface area (Å²) in [5.74, 6) is 0.807. The van der Waals surface area contributed by atoms with E-state index in [9.17, 15) is 4.79 Å². The van der Waals surface area contributed by atoms with Crippen LogP contribution < -0.4 is 10.1 Å². The average Bonchev–Trinajstić information content (AvgIpc) is 3.04. The van der Waals surface area contributed by atoms with Crippen LogP contribution in [0.4, 0.5) is 5.69 Å². The molecule has 3 aromatic rings. The Bertz CT molecular complexity index is 913. The summed E-state index contributed by atoms with van der Waals surface area (Å²) in [4.78, 5) is 14.7. The number of carbonyl (C=O) groups is 1. The maximum Gasteiger partial charge on any atom is 0.228 e. The van der Waals surface area contributed by atoms with Gasteiger partial charge in [-0.25, -0.2) is 0 Å². The summed E-state index contributed by atoms with van der Waals surface area (Å²) in [7, 11) is 4.11. The summed E-state index contributed by atoms with van der Waals surface area (Å²) >= 11 is 0. The molecule has 1 aromatic heterocycles. The molecule has 1 N–H and O–H groups in total. The van der Waals surface area contributed by atoms with E-state index in [1.54, 1.807) is 0 Å². The average molecular weight is 380 g/mol. The fourth-order valence-electron chi connectivity index (χ4n) is 3.31. The Hall–Kier alpha value is -2.79. The summed E-state index contributed by atoms with van der Waals surface area (Å²) in [5.41, 5.74) is 3.00.